The van der Waals surface area contributed by atoms with Crippen molar-refractivity contribution >= 4 is 21.6 Å². The molecule has 0 bridgehead atoms. The lowest BCUT2D eigenvalue weighted by Crippen LogP contribution is -2.09. The molecule has 0 atom stereocenters. The Kier molecular flexibility index (Phi) is 4.82. The number of thiophene rings is 1. The molecule has 0 unspecified atom stereocenters. The monoisotopic (exact) mass is 401 g/mol. The highest BCUT2D eigenvalue weighted by atomic mass is 32.1. The molecule has 4 aromatic heterocycles. The molecule has 144 valence electrons. The maximum absolute atomic E-state index is 13.1. The predicted octanol–water partition coefficient (Wildman–Crippen LogP) is 4.75. The molecule has 0 fully saturated rings. The number of aromatic amines is 1. The van der Waals surface area contributed by atoms with E-state index in [2.05, 4.69) is 15.0 Å². The highest BCUT2D eigenvalue weighted by molar-refractivity contribution is 7.22. The summed E-state index contributed by atoms with van der Waals surface area (Å²) < 4.78 is 1.83. The van der Waals surface area contributed by atoms with Crippen LogP contribution in [0.1, 0.15) is 7.43 Å². The molecule has 0 amide bonds. The Morgan fingerprint density at radius 3 is 2.48 bits per heavy atom. The number of imidazole rings is 1. The molecule has 7 heteroatoms. The summed E-state index contributed by atoms with van der Waals surface area (Å²) in [6.07, 6.45) is 7.03. The first kappa shape index (κ1) is 18.8. The van der Waals surface area contributed by atoms with Gasteiger partial charge in [0, 0.05) is 36.1 Å². The third-order valence-electron chi connectivity index (χ3n) is 4.51. The molecule has 29 heavy (non-hydrogen) atoms. The number of aromatic nitrogens is 5. The van der Waals surface area contributed by atoms with Crippen molar-refractivity contribution in [2.24, 2.45) is 7.05 Å². The molecule has 5 rings (SSSR count). The molecular weight excluding hydrogens is 382 g/mol. The standard InChI is InChI=1S/C21H15N5OS.CH4/c1-26-11-15(23-12-26)19-24-20(27)17-16(13-5-3-2-4-6-13)18(28-21(17)25-19)14-7-9-22-10-8-14;/h2-12H,1H3,(H,24,25,27);1H4. The lowest BCUT2D eigenvalue weighted by atomic mass is 10.0. The summed E-state index contributed by atoms with van der Waals surface area (Å²) in [7, 11) is 1.88. The smallest absolute Gasteiger partial charge is 0.260 e. The predicted molar refractivity (Wildman–Crippen MR) is 118 cm³/mol. The van der Waals surface area contributed by atoms with Crippen molar-refractivity contribution in [3.8, 4) is 33.1 Å². The molecule has 0 spiro atoms. The van der Waals surface area contributed by atoms with E-state index < -0.39 is 0 Å². The second-order valence-corrected chi connectivity index (χ2v) is 7.43. The van der Waals surface area contributed by atoms with Crippen molar-refractivity contribution in [1.29, 1.82) is 0 Å². The fraction of sp³-hybridized carbons (Fsp3) is 0.0909. The Hall–Kier alpha value is -3.58. The maximum atomic E-state index is 13.1. The molecule has 5 aromatic rings. The summed E-state index contributed by atoms with van der Waals surface area (Å²) in [6.45, 7) is 0. The number of pyridine rings is 1. The molecule has 0 aliphatic rings. The van der Waals surface area contributed by atoms with Crippen molar-refractivity contribution in [3.63, 3.8) is 0 Å². The van der Waals surface area contributed by atoms with Crippen LogP contribution in [0.5, 0.6) is 0 Å². The van der Waals surface area contributed by atoms with Gasteiger partial charge in [0.05, 0.1) is 11.7 Å². The Morgan fingerprint density at radius 2 is 1.79 bits per heavy atom. The average Bonchev–Trinajstić information content (AvgIpc) is 3.33. The van der Waals surface area contributed by atoms with Gasteiger partial charge in [0.1, 0.15) is 10.5 Å². The van der Waals surface area contributed by atoms with Crippen LogP contribution in [-0.4, -0.2) is 24.5 Å². The summed E-state index contributed by atoms with van der Waals surface area (Å²) in [6, 6.07) is 13.8. The van der Waals surface area contributed by atoms with E-state index in [1.807, 2.05) is 60.3 Å². The van der Waals surface area contributed by atoms with Gasteiger partial charge in [-0.15, -0.1) is 11.3 Å². The van der Waals surface area contributed by atoms with Crippen molar-refractivity contribution < 1.29 is 0 Å². The SMILES string of the molecule is C.Cn1cnc(-c2nc3sc(-c4ccncc4)c(-c4ccccc4)c3c(=O)[nH]2)c1. The van der Waals surface area contributed by atoms with Gasteiger partial charge in [-0.05, 0) is 23.3 Å². The van der Waals surface area contributed by atoms with Crippen LogP contribution in [0.25, 0.3) is 43.3 Å². The zero-order valence-electron chi connectivity index (χ0n) is 15.0. The lowest BCUT2D eigenvalue weighted by molar-refractivity contribution is 0.913. The van der Waals surface area contributed by atoms with Crippen LogP contribution >= 0.6 is 11.3 Å². The van der Waals surface area contributed by atoms with Gasteiger partial charge in [0.2, 0.25) is 0 Å². The number of rotatable bonds is 3. The molecule has 0 saturated heterocycles. The molecule has 1 aromatic carbocycles. The Morgan fingerprint density at radius 1 is 1.03 bits per heavy atom. The molecular formula is C22H19N5OS. The molecule has 4 heterocycles. The molecule has 0 radical (unpaired) electrons. The molecule has 1 N–H and O–H groups in total. The highest BCUT2D eigenvalue weighted by Gasteiger charge is 2.20. The van der Waals surface area contributed by atoms with Gasteiger partial charge >= 0.3 is 0 Å². The molecule has 0 aliphatic carbocycles. The Bertz CT molecular complexity index is 1340. The van der Waals surface area contributed by atoms with Crippen LogP contribution in [0.3, 0.4) is 0 Å². The molecule has 0 saturated carbocycles. The zero-order chi connectivity index (χ0) is 19.1. The first-order valence-electron chi connectivity index (χ1n) is 8.71. The summed E-state index contributed by atoms with van der Waals surface area (Å²) in [5.41, 5.74) is 3.37. The van der Waals surface area contributed by atoms with Gasteiger partial charge in [-0.1, -0.05) is 37.8 Å². The first-order valence-corrected chi connectivity index (χ1v) is 9.53. The average molecular weight is 401 g/mol. The van der Waals surface area contributed by atoms with Crippen molar-refractivity contribution in [2.45, 2.75) is 7.43 Å². The van der Waals surface area contributed by atoms with Crippen LogP contribution < -0.4 is 5.56 Å². The quantitative estimate of drug-likeness (QED) is 0.473. The minimum Gasteiger partial charge on any atom is -0.340 e. The zero-order valence-corrected chi connectivity index (χ0v) is 15.8. The molecule has 0 aliphatic heterocycles. The van der Waals surface area contributed by atoms with Gasteiger partial charge < -0.3 is 9.55 Å². The van der Waals surface area contributed by atoms with Gasteiger partial charge in [-0.25, -0.2) is 9.97 Å². The fourth-order valence-corrected chi connectivity index (χ4v) is 4.45. The maximum Gasteiger partial charge on any atom is 0.260 e. The minimum atomic E-state index is -0.166. The number of nitrogens with one attached hydrogen (secondary N) is 1. The topological polar surface area (TPSA) is 76.5 Å². The van der Waals surface area contributed by atoms with Gasteiger partial charge in [0.15, 0.2) is 5.82 Å². The second kappa shape index (κ2) is 7.44. The Balaban J connectivity index is 0.00000205. The van der Waals surface area contributed by atoms with E-state index in [-0.39, 0.29) is 13.0 Å². The number of nitrogens with zero attached hydrogens (tertiary/aromatic N) is 4. The summed E-state index contributed by atoms with van der Waals surface area (Å²) >= 11 is 1.51. The largest absolute Gasteiger partial charge is 0.340 e. The van der Waals surface area contributed by atoms with Crippen LogP contribution in [0.2, 0.25) is 0 Å². The van der Waals surface area contributed by atoms with Gasteiger partial charge in [0.25, 0.3) is 5.56 Å². The van der Waals surface area contributed by atoms with E-state index >= 15 is 0 Å². The van der Waals surface area contributed by atoms with E-state index in [9.17, 15) is 4.79 Å². The lowest BCUT2D eigenvalue weighted by Gasteiger charge is -2.05. The number of H-pyrrole nitrogens is 1. The normalized spacial score (nSPS) is 10.8. The van der Waals surface area contributed by atoms with E-state index in [1.54, 1.807) is 18.7 Å². The van der Waals surface area contributed by atoms with Crippen LogP contribution in [0, 0.1) is 0 Å². The van der Waals surface area contributed by atoms with E-state index in [1.165, 1.54) is 11.3 Å². The van der Waals surface area contributed by atoms with Crippen LogP contribution in [0.15, 0.2) is 72.2 Å². The third-order valence-corrected chi connectivity index (χ3v) is 5.65. The Labute approximate surface area is 171 Å². The fourth-order valence-electron chi connectivity index (χ4n) is 3.25. The van der Waals surface area contributed by atoms with Crippen LogP contribution in [-0.2, 0) is 7.05 Å². The van der Waals surface area contributed by atoms with Crippen LogP contribution in [0.4, 0.5) is 0 Å². The summed E-state index contributed by atoms with van der Waals surface area (Å²) in [5, 5.41) is 0.600. The van der Waals surface area contributed by atoms with E-state index in [0.29, 0.717) is 21.7 Å². The van der Waals surface area contributed by atoms with Crippen molar-refractivity contribution in [1.82, 2.24) is 24.5 Å². The van der Waals surface area contributed by atoms with Crippen molar-refractivity contribution in [3.05, 3.63) is 77.7 Å². The number of fused-ring (bicyclic) bond motifs is 1. The first-order chi connectivity index (χ1) is 13.7. The van der Waals surface area contributed by atoms with Gasteiger partial charge in [-0.2, -0.15) is 0 Å². The number of hydrogen-bond acceptors (Lipinski definition) is 5. The van der Waals surface area contributed by atoms with E-state index in [4.69, 9.17) is 4.98 Å². The highest BCUT2D eigenvalue weighted by Crippen LogP contribution is 2.42. The summed E-state index contributed by atoms with van der Waals surface area (Å²) in [4.78, 5) is 30.8. The second-order valence-electron chi connectivity index (χ2n) is 6.43. The summed E-state index contributed by atoms with van der Waals surface area (Å²) in [5.74, 6) is 0.472. The number of hydrogen-bond donors (Lipinski definition) is 1. The van der Waals surface area contributed by atoms with Crippen molar-refractivity contribution in [2.75, 3.05) is 0 Å². The van der Waals surface area contributed by atoms with E-state index in [0.717, 1.165) is 21.6 Å². The minimum absolute atomic E-state index is 0. The van der Waals surface area contributed by atoms with Gasteiger partial charge in [-0.3, -0.25) is 9.78 Å². The number of benzene rings is 1. The number of aryl methyl sites for hydroxylation is 1. The third kappa shape index (κ3) is 3.25. The molecule has 6 nitrogen and oxygen atoms in total.